The fraction of sp³-hybridized carbons (Fsp3) is 0.625. The smallest absolute Gasteiger partial charge is 0.0402 e. The molecule has 1 atom stereocenters. The fourth-order valence-corrected chi connectivity index (χ4v) is 3.56. The topological polar surface area (TPSA) is 29.3 Å². The molecule has 1 fully saturated rings. The Balaban J connectivity index is 1.84. The van der Waals surface area contributed by atoms with Gasteiger partial charge in [0.05, 0.1) is 0 Å². The molecular formula is C16H24N2. The van der Waals surface area contributed by atoms with Crippen LogP contribution < -0.4 is 10.6 Å². The SMILES string of the molecule is CC1CCC(N2CC(N)Cc3ccccc32)CC1. The molecule has 3 rings (SSSR count). The molecule has 2 N–H and O–H groups in total. The highest BCUT2D eigenvalue weighted by molar-refractivity contribution is 5.57. The fourth-order valence-electron chi connectivity index (χ4n) is 3.56. The minimum absolute atomic E-state index is 0.305. The number of nitrogens with two attached hydrogens (primary N) is 1. The van der Waals surface area contributed by atoms with E-state index in [1.54, 1.807) is 0 Å². The molecule has 1 heterocycles. The normalized spacial score (nSPS) is 32.1. The second-order valence-electron chi connectivity index (χ2n) is 6.16. The number of hydrogen-bond donors (Lipinski definition) is 1. The van der Waals surface area contributed by atoms with Crippen LogP contribution in [0, 0.1) is 5.92 Å². The molecule has 0 aromatic heterocycles. The van der Waals surface area contributed by atoms with Crippen molar-refractivity contribution in [3.05, 3.63) is 29.8 Å². The summed E-state index contributed by atoms with van der Waals surface area (Å²) in [6.45, 7) is 3.42. The number of benzene rings is 1. The van der Waals surface area contributed by atoms with Crippen molar-refractivity contribution in [1.29, 1.82) is 0 Å². The van der Waals surface area contributed by atoms with Crippen LogP contribution in [0.5, 0.6) is 0 Å². The highest BCUT2D eigenvalue weighted by Crippen LogP contribution is 2.34. The van der Waals surface area contributed by atoms with Crippen LogP contribution in [-0.2, 0) is 6.42 Å². The summed E-state index contributed by atoms with van der Waals surface area (Å²) < 4.78 is 0. The zero-order chi connectivity index (χ0) is 12.5. The van der Waals surface area contributed by atoms with Gasteiger partial charge in [-0.15, -0.1) is 0 Å². The van der Waals surface area contributed by atoms with Gasteiger partial charge in [-0.25, -0.2) is 0 Å². The average molecular weight is 244 g/mol. The molecule has 2 heteroatoms. The number of anilines is 1. The van der Waals surface area contributed by atoms with Gasteiger partial charge in [0.1, 0.15) is 0 Å². The van der Waals surface area contributed by atoms with Crippen LogP contribution in [0.15, 0.2) is 24.3 Å². The standard InChI is InChI=1S/C16H24N2/c1-12-6-8-15(9-7-12)18-11-14(17)10-13-4-2-3-5-16(13)18/h2-5,12,14-15H,6-11,17H2,1H3. The van der Waals surface area contributed by atoms with Gasteiger partial charge in [0, 0.05) is 24.3 Å². The summed E-state index contributed by atoms with van der Waals surface area (Å²) in [5.41, 5.74) is 9.12. The van der Waals surface area contributed by atoms with Crippen molar-refractivity contribution in [2.75, 3.05) is 11.4 Å². The first-order valence-electron chi connectivity index (χ1n) is 7.34. The molecule has 0 saturated heterocycles. The lowest BCUT2D eigenvalue weighted by Gasteiger charge is -2.42. The van der Waals surface area contributed by atoms with Crippen molar-refractivity contribution in [1.82, 2.24) is 0 Å². The molecule has 1 aliphatic carbocycles. The maximum Gasteiger partial charge on any atom is 0.0402 e. The monoisotopic (exact) mass is 244 g/mol. The summed E-state index contributed by atoms with van der Waals surface area (Å²) in [5.74, 6) is 0.912. The van der Waals surface area contributed by atoms with Crippen molar-refractivity contribution in [2.45, 2.75) is 51.1 Å². The van der Waals surface area contributed by atoms with Gasteiger partial charge >= 0.3 is 0 Å². The van der Waals surface area contributed by atoms with E-state index in [-0.39, 0.29) is 0 Å². The van der Waals surface area contributed by atoms with Gasteiger partial charge in [-0.05, 0) is 49.7 Å². The first-order chi connectivity index (χ1) is 8.74. The highest BCUT2D eigenvalue weighted by Gasteiger charge is 2.29. The lowest BCUT2D eigenvalue weighted by Crippen LogP contribution is -2.49. The molecule has 18 heavy (non-hydrogen) atoms. The Morgan fingerprint density at radius 1 is 1.11 bits per heavy atom. The van der Waals surface area contributed by atoms with E-state index in [9.17, 15) is 0 Å². The third kappa shape index (κ3) is 2.26. The Bertz CT molecular complexity index is 407. The number of hydrogen-bond acceptors (Lipinski definition) is 2. The number of para-hydroxylation sites is 1. The van der Waals surface area contributed by atoms with E-state index in [1.165, 1.54) is 36.9 Å². The molecule has 0 bridgehead atoms. The maximum absolute atomic E-state index is 6.23. The van der Waals surface area contributed by atoms with Gasteiger partial charge in [-0.3, -0.25) is 0 Å². The number of nitrogens with zero attached hydrogens (tertiary/aromatic N) is 1. The third-order valence-corrected chi connectivity index (χ3v) is 4.64. The van der Waals surface area contributed by atoms with E-state index in [4.69, 9.17) is 5.73 Å². The van der Waals surface area contributed by atoms with E-state index >= 15 is 0 Å². The Hall–Kier alpha value is -1.02. The minimum Gasteiger partial charge on any atom is -0.367 e. The van der Waals surface area contributed by atoms with Crippen LogP contribution in [0.1, 0.15) is 38.2 Å². The van der Waals surface area contributed by atoms with Crippen molar-refractivity contribution in [3.8, 4) is 0 Å². The summed E-state index contributed by atoms with van der Waals surface area (Å²) in [4.78, 5) is 2.59. The molecule has 2 nitrogen and oxygen atoms in total. The van der Waals surface area contributed by atoms with Crippen molar-refractivity contribution >= 4 is 5.69 Å². The molecule has 1 unspecified atom stereocenters. The second kappa shape index (κ2) is 4.93. The maximum atomic E-state index is 6.23. The summed E-state index contributed by atoms with van der Waals surface area (Å²) in [6, 6.07) is 9.84. The number of rotatable bonds is 1. The van der Waals surface area contributed by atoms with Crippen LogP contribution in [0.3, 0.4) is 0 Å². The predicted octanol–water partition coefficient (Wildman–Crippen LogP) is 2.96. The van der Waals surface area contributed by atoms with Gasteiger partial charge in [-0.1, -0.05) is 25.1 Å². The van der Waals surface area contributed by atoms with Gasteiger partial charge in [0.2, 0.25) is 0 Å². The quantitative estimate of drug-likeness (QED) is 0.823. The molecule has 0 radical (unpaired) electrons. The molecule has 0 spiro atoms. The Labute approximate surface area is 110 Å². The second-order valence-corrected chi connectivity index (χ2v) is 6.16. The first kappa shape index (κ1) is 12.0. The third-order valence-electron chi connectivity index (χ3n) is 4.64. The molecule has 1 aliphatic heterocycles. The Morgan fingerprint density at radius 3 is 2.61 bits per heavy atom. The van der Waals surface area contributed by atoms with Crippen LogP contribution in [0.25, 0.3) is 0 Å². The average Bonchev–Trinajstić information content (AvgIpc) is 2.38. The summed E-state index contributed by atoms with van der Waals surface area (Å²) in [6.07, 6.45) is 6.46. The zero-order valence-electron chi connectivity index (χ0n) is 11.3. The largest absolute Gasteiger partial charge is 0.367 e. The summed E-state index contributed by atoms with van der Waals surface area (Å²) in [7, 11) is 0. The molecule has 2 aliphatic rings. The van der Waals surface area contributed by atoms with E-state index in [0.717, 1.165) is 18.9 Å². The van der Waals surface area contributed by atoms with Gasteiger partial charge in [0.25, 0.3) is 0 Å². The number of fused-ring (bicyclic) bond motifs is 1. The van der Waals surface area contributed by atoms with Crippen LogP contribution in [0.2, 0.25) is 0 Å². The minimum atomic E-state index is 0.305. The lowest BCUT2D eigenvalue weighted by atomic mass is 9.85. The predicted molar refractivity (Wildman–Crippen MR) is 76.9 cm³/mol. The van der Waals surface area contributed by atoms with Gasteiger partial charge < -0.3 is 10.6 Å². The first-order valence-corrected chi connectivity index (χ1v) is 7.34. The molecular weight excluding hydrogens is 220 g/mol. The lowest BCUT2D eigenvalue weighted by molar-refractivity contribution is 0.327. The van der Waals surface area contributed by atoms with E-state index < -0.39 is 0 Å². The highest BCUT2D eigenvalue weighted by atomic mass is 15.2. The molecule has 1 aromatic rings. The molecule has 0 amide bonds. The summed E-state index contributed by atoms with van der Waals surface area (Å²) in [5, 5.41) is 0. The van der Waals surface area contributed by atoms with Crippen LogP contribution >= 0.6 is 0 Å². The van der Waals surface area contributed by atoms with E-state index in [1.807, 2.05) is 0 Å². The van der Waals surface area contributed by atoms with Crippen LogP contribution in [0.4, 0.5) is 5.69 Å². The van der Waals surface area contributed by atoms with Crippen LogP contribution in [-0.4, -0.2) is 18.6 Å². The van der Waals surface area contributed by atoms with Crippen molar-refractivity contribution in [2.24, 2.45) is 11.7 Å². The molecule has 98 valence electrons. The molecule has 1 aromatic carbocycles. The zero-order valence-corrected chi connectivity index (χ0v) is 11.3. The Morgan fingerprint density at radius 2 is 1.83 bits per heavy atom. The Kier molecular flexibility index (Phi) is 3.29. The summed E-state index contributed by atoms with van der Waals surface area (Å²) >= 11 is 0. The van der Waals surface area contributed by atoms with E-state index in [2.05, 4.69) is 36.1 Å². The molecule has 1 saturated carbocycles. The van der Waals surface area contributed by atoms with Gasteiger partial charge in [0.15, 0.2) is 0 Å². The van der Waals surface area contributed by atoms with Crippen molar-refractivity contribution < 1.29 is 0 Å². The van der Waals surface area contributed by atoms with E-state index in [0.29, 0.717) is 12.1 Å². The van der Waals surface area contributed by atoms with Crippen molar-refractivity contribution in [3.63, 3.8) is 0 Å². The van der Waals surface area contributed by atoms with Gasteiger partial charge in [-0.2, -0.15) is 0 Å².